The molecule has 1 nitrogen and oxygen atoms in total. The summed E-state index contributed by atoms with van der Waals surface area (Å²) >= 11 is 2.29. The Morgan fingerprint density at radius 3 is 1.88 bits per heavy atom. The molecule has 1 aliphatic heterocycles. The van der Waals surface area contributed by atoms with Crippen molar-refractivity contribution in [1.82, 2.24) is 4.90 Å². The molecule has 16 heavy (non-hydrogen) atoms. The first-order valence-corrected chi connectivity index (χ1v) is 7.66. The van der Waals surface area contributed by atoms with Crippen LogP contribution >= 0.6 is 0 Å². The molecule has 90 valence electrons. The number of nitrogens with zero attached hydrogens (tertiary/aromatic N) is 1. The molecule has 0 radical (unpaired) electrons. The first-order valence-electron chi connectivity index (χ1n) is 7.66. The molecule has 0 aliphatic carbocycles. The number of unbranched alkanes of at least 4 members (excludes halogenated alkanes) is 5. The number of hydrogen-bond acceptors (Lipinski definition) is 1. The van der Waals surface area contributed by atoms with Crippen LogP contribution in [0, 0.1) is 0 Å². The van der Waals surface area contributed by atoms with Crippen LogP contribution in [0.4, 0.5) is 0 Å². The SMILES string of the molecule is [Li][CH2]CCCCCCCN1CCCCCC1. The molecule has 0 N–H and O–H groups in total. The predicted molar refractivity (Wildman–Crippen MR) is 73.2 cm³/mol. The molecule has 0 aromatic carbocycles. The Balaban J connectivity index is 1.86. The molecule has 1 rings (SSSR count). The van der Waals surface area contributed by atoms with E-state index in [1.807, 2.05) is 0 Å². The molecule has 0 amide bonds. The predicted octanol–water partition coefficient (Wildman–Crippen LogP) is 3.79. The molecule has 0 bridgehead atoms. The molecule has 1 aliphatic rings. The molecule has 0 aromatic heterocycles. The Hall–Kier alpha value is 0.557. The van der Waals surface area contributed by atoms with E-state index in [1.54, 1.807) is 0 Å². The van der Waals surface area contributed by atoms with Gasteiger partial charge in [-0.2, -0.15) is 0 Å². The molecule has 0 spiro atoms. The summed E-state index contributed by atoms with van der Waals surface area (Å²) in [5, 5.41) is 1.37. The summed E-state index contributed by atoms with van der Waals surface area (Å²) in [5.74, 6) is 0. The van der Waals surface area contributed by atoms with Gasteiger partial charge >= 0.3 is 112 Å². The van der Waals surface area contributed by atoms with E-state index in [4.69, 9.17) is 0 Å². The topological polar surface area (TPSA) is 3.24 Å². The van der Waals surface area contributed by atoms with Crippen LogP contribution in [0.5, 0.6) is 0 Å². The van der Waals surface area contributed by atoms with Gasteiger partial charge in [0.2, 0.25) is 0 Å². The zero-order chi connectivity index (χ0) is 11.5. The molecule has 0 saturated carbocycles. The minimum atomic E-state index is 1.37. The molecule has 2 heteroatoms. The average Bonchev–Trinajstić information content (AvgIpc) is 2.56. The van der Waals surface area contributed by atoms with Crippen molar-refractivity contribution in [2.75, 3.05) is 19.6 Å². The summed E-state index contributed by atoms with van der Waals surface area (Å²) in [4.78, 5) is 2.69. The average molecular weight is 217 g/mol. The normalized spacial score (nSPS) is 18.6. The maximum atomic E-state index is 2.69. The summed E-state index contributed by atoms with van der Waals surface area (Å²) in [5.41, 5.74) is 0. The van der Waals surface area contributed by atoms with Gasteiger partial charge in [0.25, 0.3) is 0 Å². The second-order valence-corrected chi connectivity index (χ2v) is 5.38. The number of rotatable bonds is 8. The fourth-order valence-electron chi connectivity index (χ4n) is 2.65. The van der Waals surface area contributed by atoms with E-state index in [0.29, 0.717) is 0 Å². The Morgan fingerprint density at radius 1 is 0.688 bits per heavy atom. The third kappa shape index (κ3) is 7.77. The molecular weight excluding hydrogens is 189 g/mol. The number of hydrogen-bond donors (Lipinski definition) is 0. The van der Waals surface area contributed by atoms with Gasteiger partial charge in [-0.1, -0.05) is 0 Å². The fraction of sp³-hybridized carbons (Fsp3) is 1.00. The standard InChI is InChI=1S/C14H28N.Li/c1-2-3-4-5-6-9-12-15-13-10-7-8-11-14-15;/h1-14H2;. The third-order valence-corrected chi connectivity index (χ3v) is 3.78. The van der Waals surface area contributed by atoms with Gasteiger partial charge in [0.05, 0.1) is 0 Å². The van der Waals surface area contributed by atoms with Gasteiger partial charge in [0.1, 0.15) is 0 Å². The van der Waals surface area contributed by atoms with Crippen molar-refractivity contribution in [2.24, 2.45) is 0 Å². The van der Waals surface area contributed by atoms with Crippen molar-refractivity contribution in [1.29, 1.82) is 0 Å². The van der Waals surface area contributed by atoms with E-state index in [-0.39, 0.29) is 0 Å². The van der Waals surface area contributed by atoms with Crippen LogP contribution in [0.25, 0.3) is 0 Å². The van der Waals surface area contributed by atoms with E-state index in [0.717, 1.165) is 0 Å². The van der Waals surface area contributed by atoms with E-state index < -0.39 is 0 Å². The van der Waals surface area contributed by atoms with Crippen LogP contribution in [0.2, 0.25) is 5.09 Å². The molecule has 1 heterocycles. The minimum absolute atomic E-state index is 1.37. The van der Waals surface area contributed by atoms with Crippen LogP contribution in [0.15, 0.2) is 0 Å². The van der Waals surface area contributed by atoms with Gasteiger partial charge in [0.15, 0.2) is 0 Å². The van der Waals surface area contributed by atoms with Crippen molar-refractivity contribution < 1.29 is 0 Å². The summed E-state index contributed by atoms with van der Waals surface area (Å²) in [7, 11) is 0. The van der Waals surface area contributed by atoms with Crippen LogP contribution < -0.4 is 0 Å². The molecule has 0 aromatic rings. The Bertz CT molecular complexity index is 142. The summed E-state index contributed by atoms with van der Waals surface area (Å²) in [6.07, 6.45) is 14.5. The first kappa shape index (κ1) is 14.6. The summed E-state index contributed by atoms with van der Waals surface area (Å²) in [6.45, 7) is 4.11. The van der Waals surface area contributed by atoms with Gasteiger partial charge in [-0.3, -0.25) is 0 Å². The zero-order valence-corrected chi connectivity index (χ0v) is 11.3. The quantitative estimate of drug-likeness (QED) is 0.441. The third-order valence-electron chi connectivity index (χ3n) is 3.78. The van der Waals surface area contributed by atoms with Crippen LogP contribution in [0.3, 0.4) is 0 Å². The van der Waals surface area contributed by atoms with Gasteiger partial charge in [-0.15, -0.1) is 0 Å². The first-order chi connectivity index (χ1) is 7.93. The Morgan fingerprint density at radius 2 is 1.25 bits per heavy atom. The van der Waals surface area contributed by atoms with Gasteiger partial charge in [-0.05, 0) is 0 Å². The number of likely N-dealkylation sites (tertiary alicyclic amines) is 1. The summed E-state index contributed by atoms with van der Waals surface area (Å²) in [6, 6.07) is 0. The second-order valence-electron chi connectivity index (χ2n) is 5.38. The van der Waals surface area contributed by atoms with E-state index in [9.17, 15) is 0 Å². The van der Waals surface area contributed by atoms with E-state index >= 15 is 0 Å². The van der Waals surface area contributed by atoms with Crippen molar-refractivity contribution >= 4 is 17.7 Å². The monoisotopic (exact) mass is 217 g/mol. The molecule has 0 atom stereocenters. The van der Waals surface area contributed by atoms with Crippen molar-refractivity contribution in [2.45, 2.75) is 69.3 Å². The Labute approximate surface area is 112 Å². The zero-order valence-electron chi connectivity index (χ0n) is 11.3. The van der Waals surface area contributed by atoms with Crippen LogP contribution in [-0.4, -0.2) is 42.2 Å². The van der Waals surface area contributed by atoms with Gasteiger partial charge in [-0.25, -0.2) is 0 Å². The van der Waals surface area contributed by atoms with Crippen molar-refractivity contribution in [3.63, 3.8) is 0 Å². The van der Waals surface area contributed by atoms with E-state index in [2.05, 4.69) is 22.6 Å². The molecule has 1 fully saturated rings. The second kappa shape index (κ2) is 10.7. The van der Waals surface area contributed by atoms with Crippen LogP contribution in [0.1, 0.15) is 64.2 Å². The molecule has 1 saturated heterocycles. The van der Waals surface area contributed by atoms with E-state index in [1.165, 1.54) is 88.9 Å². The fourth-order valence-corrected chi connectivity index (χ4v) is 2.65. The van der Waals surface area contributed by atoms with Gasteiger partial charge < -0.3 is 0 Å². The molecular formula is C14H28LiN. The summed E-state index contributed by atoms with van der Waals surface area (Å²) < 4.78 is 0. The van der Waals surface area contributed by atoms with Crippen molar-refractivity contribution in [3.05, 3.63) is 0 Å². The maximum absolute atomic E-state index is 2.69. The Kier molecular flexibility index (Phi) is 9.77. The van der Waals surface area contributed by atoms with Crippen LogP contribution in [-0.2, 0) is 0 Å². The van der Waals surface area contributed by atoms with Gasteiger partial charge in [0, 0.05) is 0 Å². The molecule has 0 unspecified atom stereocenters. The van der Waals surface area contributed by atoms with Crippen molar-refractivity contribution in [3.8, 4) is 0 Å².